The minimum atomic E-state index is 0.0156. The molecule has 0 radical (unpaired) electrons. The highest BCUT2D eigenvalue weighted by atomic mass is 16.5. The van der Waals surface area contributed by atoms with E-state index in [9.17, 15) is 0 Å². The molecule has 2 rings (SSSR count). The molecule has 1 atom stereocenters. The van der Waals surface area contributed by atoms with E-state index >= 15 is 0 Å². The van der Waals surface area contributed by atoms with Crippen LogP contribution in [0.1, 0.15) is 26.7 Å². The van der Waals surface area contributed by atoms with Crippen molar-refractivity contribution in [3.8, 4) is 0 Å². The van der Waals surface area contributed by atoms with Crippen molar-refractivity contribution in [1.82, 2.24) is 10.2 Å². The summed E-state index contributed by atoms with van der Waals surface area (Å²) in [5, 5.41) is 3.57. The molecule has 0 aromatic carbocycles. The Hall–Kier alpha value is -0.160. The SMILES string of the molecule is COCC1NCCOC12CCN(CC(C)C)CC2. The molecule has 2 aliphatic rings. The summed E-state index contributed by atoms with van der Waals surface area (Å²) in [5.41, 5.74) is 0.0156. The van der Waals surface area contributed by atoms with Gasteiger partial charge in [0.05, 0.1) is 24.9 Å². The Morgan fingerprint density at radius 3 is 2.72 bits per heavy atom. The fourth-order valence-electron chi connectivity index (χ4n) is 3.27. The number of morpholine rings is 1. The number of nitrogens with zero attached hydrogens (tertiary/aromatic N) is 1. The second kappa shape index (κ2) is 6.33. The van der Waals surface area contributed by atoms with Gasteiger partial charge in [-0.15, -0.1) is 0 Å². The Morgan fingerprint density at radius 2 is 2.11 bits per heavy atom. The van der Waals surface area contributed by atoms with Gasteiger partial charge < -0.3 is 19.7 Å². The number of ether oxygens (including phenoxy) is 2. The zero-order valence-electron chi connectivity index (χ0n) is 12.1. The lowest BCUT2D eigenvalue weighted by molar-refractivity contribution is -0.138. The van der Waals surface area contributed by atoms with Crippen LogP contribution in [0.4, 0.5) is 0 Å². The number of hydrogen-bond acceptors (Lipinski definition) is 4. The highest BCUT2D eigenvalue weighted by Gasteiger charge is 2.44. The van der Waals surface area contributed by atoms with Gasteiger partial charge in [-0.2, -0.15) is 0 Å². The Morgan fingerprint density at radius 1 is 1.39 bits per heavy atom. The quantitative estimate of drug-likeness (QED) is 0.817. The van der Waals surface area contributed by atoms with E-state index in [-0.39, 0.29) is 5.60 Å². The fraction of sp³-hybridized carbons (Fsp3) is 1.00. The number of piperidine rings is 1. The smallest absolute Gasteiger partial charge is 0.0882 e. The van der Waals surface area contributed by atoms with Crippen LogP contribution in [0.5, 0.6) is 0 Å². The minimum absolute atomic E-state index is 0.0156. The summed E-state index contributed by atoms with van der Waals surface area (Å²) >= 11 is 0. The summed E-state index contributed by atoms with van der Waals surface area (Å²) < 4.78 is 11.5. The molecule has 0 aliphatic carbocycles. The molecule has 2 saturated heterocycles. The maximum atomic E-state index is 6.16. The van der Waals surface area contributed by atoms with Crippen LogP contribution in [-0.4, -0.2) is 63.0 Å². The predicted molar refractivity (Wildman–Crippen MR) is 72.9 cm³/mol. The van der Waals surface area contributed by atoms with E-state index in [0.717, 1.165) is 51.6 Å². The van der Waals surface area contributed by atoms with E-state index in [2.05, 4.69) is 24.1 Å². The number of methoxy groups -OCH3 is 1. The van der Waals surface area contributed by atoms with Crippen molar-refractivity contribution in [2.75, 3.05) is 46.5 Å². The van der Waals surface area contributed by atoms with Gasteiger partial charge in [-0.1, -0.05) is 13.8 Å². The molecule has 0 aromatic heterocycles. The molecule has 1 unspecified atom stereocenters. The largest absolute Gasteiger partial charge is 0.383 e. The molecule has 0 amide bonds. The average molecular weight is 256 g/mol. The molecule has 1 N–H and O–H groups in total. The van der Waals surface area contributed by atoms with Crippen LogP contribution in [0, 0.1) is 5.92 Å². The molecule has 2 fully saturated rings. The third kappa shape index (κ3) is 3.23. The summed E-state index contributed by atoms with van der Waals surface area (Å²) in [6, 6.07) is 0.359. The summed E-state index contributed by atoms with van der Waals surface area (Å²) in [7, 11) is 1.78. The van der Waals surface area contributed by atoms with Gasteiger partial charge in [-0.25, -0.2) is 0 Å². The highest BCUT2D eigenvalue weighted by Crippen LogP contribution is 2.32. The molecule has 18 heavy (non-hydrogen) atoms. The van der Waals surface area contributed by atoms with Gasteiger partial charge in [0.15, 0.2) is 0 Å². The molecule has 106 valence electrons. The van der Waals surface area contributed by atoms with Crippen LogP contribution in [-0.2, 0) is 9.47 Å². The van der Waals surface area contributed by atoms with E-state index in [1.807, 2.05) is 0 Å². The van der Waals surface area contributed by atoms with Gasteiger partial charge in [-0.05, 0) is 18.8 Å². The topological polar surface area (TPSA) is 33.7 Å². The third-order valence-electron chi connectivity index (χ3n) is 4.18. The van der Waals surface area contributed by atoms with Crippen LogP contribution >= 0.6 is 0 Å². The van der Waals surface area contributed by atoms with Crippen molar-refractivity contribution >= 4 is 0 Å². The van der Waals surface area contributed by atoms with Crippen LogP contribution in [0.15, 0.2) is 0 Å². The van der Waals surface area contributed by atoms with Crippen molar-refractivity contribution in [2.24, 2.45) is 5.92 Å². The summed E-state index contributed by atoms with van der Waals surface area (Å²) in [6.07, 6.45) is 2.25. The average Bonchev–Trinajstić information content (AvgIpc) is 2.35. The molecule has 0 aromatic rings. The second-order valence-corrected chi connectivity index (χ2v) is 6.07. The Labute approximate surface area is 111 Å². The van der Waals surface area contributed by atoms with Gasteiger partial charge in [-0.3, -0.25) is 0 Å². The van der Waals surface area contributed by atoms with Crippen molar-refractivity contribution in [2.45, 2.75) is 38.3 Å². The normalized spacial score (nSPS) is 29.0. The second-order valence-electron chi connectivity index (χ2n) is 6.07. The lowest BCUT2D eigenvalue weighted by atomic mass is 9.83. The molecule has 4 nitrogen and oxygen atoms in total. The first-order valence-electron chi connectivity index (χ1n) is 7.25. The molecule has 4 heteroatoms. The number of nitrogens with one attached hydrogen (secondary N) is 1. The Kier molecular flexibility index (Phi) is 5.01. The number of likely N-dealkylation sites (tertiary alicyclic amines) is 1. The zero-order valence-corrected chi connectivity index (χ0v) is 12.1. The zero-order chi connectivity index (χ0) is 13.0. The molecule has 1 spiro atoms. The molecule has 0 saturated carbocycles. The minimum Gasteiger partial charge on any atom is -0.383 e. The molecule has 2 heterocycles. The first kappa shape index (κ1) is 14.3. The standard InChI is InChI=1S/C14H28N2O2/c1-12(2)10-16-7-4-14(5-8-16)13(11-17-3)15-6-9-18-14/h12-13,15H,4-11H2,1-3H3. The summed E-state index contributed by atoms with van der Waals surface area (Å²) in [5.74, 6) is 0.749. The Balaban J connectivity index is 1.91. The predicted octanol–water partition coefficient (Wildman–Crippen LogP) is 1.11. The van der Waals surface area contributed by atoms with E-state index in [1.165, 1.54) is 6.54 Å². The fourth-order valence-corrected chi connectivity index (χ4v) is 3.27. The summed E-state index contributed by atoms with van der Waals surface area (Å²) in [6.45, 7) is 10.6. The van der Waals surface area contributed by atoms with Gasteiger partial charge >= 0.3 is 0 Å². The molecular formula is C14H28N2O2. The van der Waals surface area contributed by atoms with Crippen LogP contribution in [0.3, 0.4) is 0 Å². The van der Waals surface area contributed by atoms with E-state index in [1.54, 1.807) is 7.11 Å². The Bertz CT molecular complexity index is 248. The highest BCUT2D eigenvalue weighted by molar-refractivity contribution is 4.99. The lowest BCUT2D eigenvalue weighted by Gasteiger charge is -2.49. The van der Waals surface area contributed by atoms with Gasteiger partial charge in [0.2, 0.25) is 0 Å². The third-order valence-corrected chi connectivity index (χ3v) is 4.18. The molecular weight excluding hydrogens is 228 g/mol. The van der Waals surface area contributed by atoms with Crippen molar-refractivity contribution in [3.05, 3.63) is 0 Å². The van der Waals surface area contributed by atoms with Crippen LogP contribution < -0.4 is 5.32 Å². The maximum Gasteiger partial charge on any atom is 0.0882 e. The van der Waals surface area contributed by atoms with Crippen molar-refractivity contribution < 1.29 is 9.47 Å². The van der Waals surface area contributed by atoms with E-state index in [4.69, 9.17) is 9.47 Å². The van der Waals surface area contributed by atoms with Gasteiger partial charge in [0.25, 0.3) is 0 Å². The number of hydrogen-bond donors (Lipinski definition) is 1. The summed E-state index contributed by atoms with van der Waals surface area (Å²) in [4.78, 5) is 2.57. The van der Waals surface area contributed by atoms with Crippen LogP contribution in [0.25, 0.3) is 0 Å². The molecule has 0 bridgehead atoms. The number of rotatable bonds is 4. The first-order chi connectivity index (χ1) is 8.66. The van der Waals surface area contributed by atoms with Crippen LogP contribution in [0.2, 0.25) is 0 Å². The van der Waals surface area contributed by atoms with Crippen molar-refractivity contribution in [3.63, 3.8) is 0 Å². The monoisotopic (exact) mass is 256 g/mol. The first-order valence-corrected chi connectivity index (χ1v) is 7.25. The van der Waals surface area contributed by atoms with E-state index in [0.29, 0.717) is 6.04 Å². The van der Waals surface area contributed by atoms with Gasteiger partial charge in [0.1, 0.15) is 0 Å². The van der Waals surface area contributed by atoms with Crippen molar-refractivity contribution in [1.29, 1.82) is 0 Å². The van der Waals surface area contributed by atoms with Gasteiger partial charge in [0, 0.05) is 33.3 Å². The molecule has 2 aliphatic heterocycles. The van der Waals surface area contributed by atoms with E-state index < -0.39 is 0 Å². The maximum absolute atomic E-state index is 6.16. The lowest BCUT2D eigenvalue weighted by Crippen LogP contribution is -2.63.